The number of ether oxygens (including phenoxy) is 2. The van der Waals surface area contributed by atoms with Gasteiger partial charge in [0.25, 0.3) is 5.91 Å². The number of carbonyl (C=O) groups excluding carboxylic acids is 1. The maximum atomic E-state index is 13.0. The van der Waals surface area contributed by atoms with Gasteiger partial charge >= 0.3 is 0 Å². The van der Waals surface area contributed by atoms with Crippen molar-refractivity contribution >= 4 is 5.91 Å². The van der Waals surface area contributed by atoms with Gasteiger partial charge in [-0.05, 0) is 36.6 Å². The summed E-state index contributed by atoms with van der Waals surface area (Å²) in [5, 5.41) is 10.2. The molecule has 1 fully saturated rings. The zero-order valence-corrected chi connectivity index (χ0v) is 17.9. The van der Waals surface area contributed by atoms with E-state index in [1.54, 1.807) is 20.4 Å². The van der Waals surface area contributed by atoms with Crippen molar-refractivity contribution in [3.05, 3.63) is 65.9 Å². The SMILES string of the molecule is COc1ccc(-c2[nH]ncc2C(=O)NC2CCN(Cc3ccccc3)CC2)cc1OC. The molecule has 4 rings (SSSR count). The fraction of sp³-hybridized carbons (Fsp3) is 0.333. The molecular formula is C24H28N4O3. The maximum Gasteiger partial charge on any atom is 0.255 e. The summed E-state index contributed by atoms with van der Waals surface area (Å²) in [5.41, 5.74) is 3.33. The molecule has 0 spiro atoms. The van der Waals surface area contributed by atoms with Crippen LogP contribution in [0, 0.1) is 0 Å². The van der Waals surface area contributed by atoms with Crippen molar-refractivity contribution in [2.75, 3.05) is 27.3 Å². The van der Waals surface area contributed by atoms with Crippen LogP contribution in [-0.4, -0.2) is 54.4 Å². The summed E-state index contributed by atoms with van der Waals surface area (Å²) >= 11 is 0. The molecule has 1 aliphatic heterocycles. The average molecular weight is 421 g/mol. The second-order valence-electron chi connectivity index (χ2n) is 7.74. The average Bonchev–Trinajstić information content (AvgIpc) is 3.31. The molecule has 1 aromatic heterocycles. The van der Waals surface area contributed by atoms with Crippen molar-refractivity contribution in [3.63, 3.8) is 0 Å². The lowest BCUT2D eigenvalue weighted by Crippen LogP contribution is -2.44. The zero-order valence-electron chi connectivity index (χ0n) is 17.9. The molecule has 3 aromatic rings. The number of hydrogen-bond acceptors (Lipinski definition) is 5. The van der Waals surface area contributed by atoms with Crippen LogP contribution in [0.2, 0.25) is 0 Å². The lowest BCUT2D eigenvalue weighted by molar-refractivity contribution is 0.0909. The smallest absolute Gasteiger partial charge is 0.255 e. The highest BCUT2D eigenvalue weighted by Crippen LogP contribution is 2.32. The van der Waals surface area contributed by atoms with Crippen LogP contribution in [0.3, 0.4) is 0 Å². The Hall–Kier alpha value is -3.32. The van der Waals surface area contributed by atoms with E-state index in [-0.39, 0.29) is 11.9 Å². The quantitative estimate of drug-likeness (QED) is 0.612. The number of amides is 1. The maximum absolute atomic E-state index is 13.0. The van der Waals surface area contributed by atoms with Crippen LogP contribution in [0.4, 0.5) is 0 Å². The van der Waals surface area contributed by atoms with Crippen LogP contribution < -0.4 is 14.8 Å². The molecular weight excluding hydrogens is 392 g/mol. The van der Waals surface area contributed by atoms with Crippen LogP contribution in [0.25, 0.3) is 11.3 Å². The molecule has 1 saturated heterocycles. The van der Waals surface area contributed by atoms with Gasteiger partial charge in [0, 0.05) is 31.2 Å². The molecule has 0 aliphatic carbocycles. The number of hydrogen-bond donors (Lipinski definition) is 2. The molecule has 2 N–H and O–H groups in total. The van der Waals surface area contributed by atoms with Gasteiger partial charge in [0.15, 0.2) is 11.5 Å². The molecule has 162 valence electrons. The van der Waals surface area contributed by atoms with E-state index < -0.39 is 0 Å². The fourth-order valence-corrected chi connectivity index (χ4v) is 4.01. The Bertz CT molecular complexity index is 1010. The molecule has 0 atom stereocenters. The minimum atomic E-state index is -0.111. The largest absolute Gasteiger partial charge is 0.493 e. The summed E-state index contributed by atoms with van der Waals surface area (Å²) in [5.74, 6) is 1.13. The highest BCUT2D eigenvalue weighted by atomic mass is 16.5. The van der Waals surface area contributed by atoms with E-state index >= 15 is 0 Å². The second-order valence-corrected chi connectivity index (χ2v) is 7.74. The van der Waals surface area contributed by atoms with Gasteiger partial charge in [-0.1, -0.05) is 30.3 Å². The Labute approximate surface area is 182 Å². The second kappa shape index (κ2) is 9.66. The van der Waals surface area contributed by atoms with Crippen molar-refractivity contribution in [1.29, 1.82) is 0 Å². The number of aromatic nitrogens is 2. The molecule has 2 heterocycles. The van der Waals surface area contributed by atoms with Crippen LogP contribution in [0.5, 0.6) is 11.5 Å². The fourth-order valence-electron chi connectivity index (χ4n) is 4.01. The highest BCUT2D eigenvalue weighted by molar-refractivity contribution is 6.00. The third kappa shape index (κ3) is 4.88. The van der Waals surface area contributed by atoms with Crippen molar-refractivity contribution in [2.24, 2.45) is 0 Å². The van der Waals surface area contributed by atoms with E-state index in [2.05, 4.69) is 44.7 Å². The van der Waals surface area contributed by atoms with Crippen molar-refractivity contribution < 1.29 is 14.3 Å². The third-order valence-electron chi connectivity index (χ3n) is 5.73. The van der Waals surface area contributed by atoms with Gasteiger partial charge in [0.1, 0.15) is 0 Å². The number of piperidine rings is 1. The number of nitrogens with zero attached hydrogens (tertiary/aromatic N) is 2. The molecule has 0 radical (unpaired) electrons. The number of methoxy groups -OCH3 is 2. The van der Waals surface area contributed by atoms with E-state index in [0.29, 0.717) is 22.8 Å². The van der Waals surface area contributed by atoms with E-state index in [1.807, 2.05) is 24.3 Å². The van der Waals surface area contributed by atoms with Gasteiger partial charge in [-0.2, -0.15) is 5.10 Å². The van der Waals surface area contributed by atoms with Crippen molar-refractivity contribution in [3.8, 4) is 22.8 Å². The predicted molar refractivity (Wildman–Crippen MR) is 119 cm³/mol. The summed E-state index contributed by atoms with van der Waals surface area (Å²) in [6.45, 7) is 2.88. The molecule has 1 aliphatic rings. The summed E-state index contributed by atoms with van der Waals surface area (Å²) in [6, 6.07) is 16.2. The van der Waals surface area contributed by atoms with Gasteiger partial charge in [-0.3, -0.25) is 14.8 Å². The lowest BCUT2D eigenvalue weighted by Gasteiger charge is -2.32. The number of aromatic amines is 1. The van der Waals surface area contributed by atoms with Crippen LogP contribution in [0.1, 0.15) is 28.8 Å². The summed E-state index contributed by atoms with van der Waals surface area (Å²) in [7, 11) is 3.18. The number of benzene rings is 2. The van der Waals surface area contributed by atoms with Gasteiger partial charge in [0.2, 0.25) is 0 Å². The summed E-state index contributed by atoms with van der Waals surface area (Å²) < 4.78 is 10.7. The topological polar surface area (TPSA) is 79.5 Å². The molecule has 1 amide bonds. The van der Waals surface area contributed by atoms with E-state index in [0.717, 1.165) is 38.0 Å². The molecule has 0 unspecified atom stereocenters. The minimum Gasteiger partial charge on any atom is -0.493 e. The Morgan fingerprint density at radius 3 is 2.55 bits per heavy atom. The summed E-state index contributed by atoms with van der Waals surface area (Å²) in [4.78, 5) is 15.4. The standard InChI is InChI=1S/C24H28N4O3/c1-30-21-9-8-18(14-22(21)31-2)23-20(15-25-27-23)24(29)26-19-10-12-28(13-11-19)16-17-6-4-3-5-7-17/h3-9,14-15,19H,10-13,16H2,1-2H3,(H,25,27)(H,26,29). The van der Waals surface area contributed by atoms with Gasteiger partial charge < -0.3 is 14.8 Å². The van der Waals surface area contributed by atoms with E-state index in [9.17, 15) is 4.79 Å². The van der Waals surface area contributed by atoms with E-state index in [1.165, 1.54) is 5.56 Å². The number of likely N-dealkylation sites (tertiary alicyclic amines) is 1. The molecule has 0 bridgehead atoms. The Morgan fingerprint density at radius 2 is 1.84 bits per heavy atom. The number of rotatable bonds is 7. The monoisotopic (exact) mass is 420 g/mol. The van der Waals surface area contributed by atoms with Gasteiger partial charge in [-0.25, -0.2) is 0 Å². The summed E-state index contributed by atoms with van der Waals surface area (Å²) in [6.07, 6.45) is 3.44. The lowest BCUT2D eigenvalue weighted by atomic mass is 10.0. The third-order valence-corrected chi connectivity index (χ3v) is 5.73. The first-order valence-electron chi connectivity index (χ1n) is 10.5. The Kier molecular flexibility index (Phi) is 6.52. The first-order valence-corrected chi connectivity index (χ1v) is 10.5. The minimum absolute atomic E-state index is 0.111. The Balaban J connectivity index is 1.38. The molecule has 7 heteroatoms. The van der Waals surface area contributed by atoms with Crippen molar-refractivity contribution in [1.82, 2.24) is 20.4 Å². The molecule has 2 aromatic carbocycles. The van der Waals surface area contributed by atoms with E-state index in [4.69, 9.17) is 9.47 Å². The normalized spacial score (nSPS) is 14.9. The highest BCUT2D eigenvalue weighted by Gasteiger charge is 2.23. The van der Waals surface area contributed by atoms with Gasteiger partial charge in [0.05, 0.1) is 31.7 Å². The first-order chi connectivity index (χ1) is 15.2. The Morgan fingerprint density at radius 1 is 1.10 bits per heavy atom. The number of H-pyrrole nitrogens is 1. The molecule has 7 nitrogen and oxygen atoms in total. The predicted octanol–water partition coefficient (Wildman–Crippen LogP) is 3.49. The van der Waals surface area contributed by atoms with Gasteiger partial charge in [-0.15, -0.1) is 0 Å². The first kappa shape index (κ1) is 20.9. The molecule has 31 heavy (non-hydrogen) atoms. The van der Waals surface area contributed by atoms with Crippen LogP contribution in [-0.2, 0) is 6.54 Å². The number of nitrogens with one attached hydrogen (secondary N) is 2. The van der Waals surface area contributed by atoms with Crippen LogP contribution in [0.15, 0.2) is 54.7 Å². The molecule has 0 saturated carbocycles. The van der Waals surface area contributed by atoms with Crippen LogP contribution >= 0.6 is 0 Å². The zero-order chi connectivity index (χ0) is 21.6. The van der Waals surface area contributed by atoms with Crippen molar-refractivity contribution in [2.45, 2.75) is 25.4 Å². The number of carbonyl (C=O) groups is 1.